The highest BCUT2D eigenvalue weighted by molar-refractivity contribution is 7.16. The number of furan rings is 1. The third-order valence-corrected chi connectivity index (χ3v) is 7.39. The molecule has 1 N–H and O–H groups in total. The monoisotopic (exact) mass is 422 g/mol. The maximum Gasteiger partial charge on any atom is 0.291 e. The van der Waals surface area contributed by atoms with Crippen LogP contribution in [0.1, 0.15) is 63.5 Å². The van der Waals surface area contributed by atoms with Gasteiger partial charge in [0.25, 0.3) is 5.91 Å². The van der Waals surface area contributed by atoms with Gasteiger partial charge in [-0.05, 0) is 75.9 Å². The first-order valence-corrected chi connectivity index (χ1v) is 11.5. The Hall–Kier alpha value is -2.37. The van der Waals surface area contributed by atoms with Gasteiger partial charge in [-0.2, -0.15) is 0 Å². The Balaban J connectivity index is 1.76. The number of carbonyl (C=O) groups excluding carboxylic acids is 1. The molecule has 0 spiro atoms. The number of amides is 1. The Morgan fingerprint density at radius 3 is 2.47 bits per heavy atom. The highest BCUT2D eigenvalue weighted by Crippen LogP contribution is 2.43. The molecule has 3 aromatic rings. The fraction of sp³-hybridized carbons (Fsp3) is 0.400. The fourth-order valence-corrected chi connectivity index (χ4v) is 5.32. The molecule has 1 fully saturated rings. The molecule has 0 saturated carbocycles. The summed E-state index contributed by atoms with van der Waals surface area (Å²) in [6, 6.07) is 12.4. The van der Waals surface area contributed by atoms with Gasteiger partial charge in [0.2, 0.25) is 0 Å². The van der Waals surface area contributed by atoms with Crippen LogP contribution in [0.4, 0.5) is 5.00 Å². The minimum atomic E-state index is -0.197. The first-order chi connectivity index (χ1) is 14.4. The average Bonchev–Trinajstić information content (AvgIpc) is 3.36. The van der Waals surface area contributed by atoms with Crippen molar-refractivity contribution in [3.05, 3.63) is 75.6 Å². The summed E-state index contributed by atoms with van der Waals surface area (Å²) in [6.07, 6.45) is 3.95. The van der Waals surface area contributed by atoms with Crippen LogP contribution in [-0.4, -0.2) is 23.9 Å². The number of anilines is 1. The molecule has 0 radical (unpaired) electrons. The van der Waals surface area contributed by atoms with Gasteiger partial charge in [0.05, 0.1) is 12.3 Å². The number of hydrogen-bond acceptors (Lipinski definition) is 4. The second-order valence-corrected chi connectivity index (χ2v) is 9.71. The number of nitrogens with one attached hydrogen (secondary N) is 1. The summed E-state index contributed by atoms with van der Waals surface area (Å²) in [5, 5.41) is 4.07. The van der Waals surface area contributed by atoms with Gasteiger partial charge in [0.1, 0.15) is 5.00 Å². The molecular formula is C25H30N2O2S. The first-order valence-electron chi connectivity index (χ1n) is 10.7. The van der Waals surface area contributed by atoms with Crippen molar-refractivity contribution in [3.8, 4) is 0 Å². The Morgan fingerprint density at radius 2 is 1.83 bits per heavy atom. The molecule has 2 aromatic heterocycles. The lowest BCUT2D eigenvalue weighted by atomic mass is 9.90. The van der Waals surface area contributed by atoms with Crippen LogP contribution in [-0.2, 0) is 0 Å². The molecule has 3 heterocycles. The molecule has 0 unspecified atom stereocenters. The summed E-state index contributed by atoms with van der Waals surface area (Å²) >= 11 is 1.66. The van der Waals surface area contributed by atoms with Crippen LogP contribution in [0.5, 0.6) is 0 Å². The number of aryl methyl sites for hydroxylation is 2. The van der Waals surface area contributed by atoms with E-state index in [1.807, 2.05) is 0 Å². The van der Waals surface area contributed by atoms with E-state index in [1.165, 1.54) is 46.2 Å². The van der Waals surface area contributed by atoms with Crippen molar-refractivity contribution in [2.24, 2.45) is 5.92 Å². The van der Waals surface area contributed by atoms with Gasteiger partial charge >= 0.3 is 0 Å². The summed E-state index contributed by atoms with van der Waals surface area (Å²) < 4.78 is 5.31. The van der Waals surface area contributed by atoms with Gasteiger partial charge in [-0.15, -0.1) is 11.3 Å². The van der Waals surface area contributed by atoms with Crippen molar-refractivity contribution in [2.45, 2.75) is 46.6 Å². The molecule has 1 aliphatic rings. The van der Waals surface area contributed by atoms with Gasteiger partial charge in [-0.1, -0.05) is 36.8 Å². The second kappa shape index (κ2) is 8.78. The SMILES string of the molecule is Cc1ccc([C@@H](c2c(NC(=O)c3ccco3)sc(C)c2C)N2CCC(C)CC2)cc1. The summed E-state index contributed by atoms with van der Waals surface area (Å²) in [5.74, 6) is 0.907. The number of carbonyl (C=O) groups is 1. The molecule has 0 bridgehead atoms. The van der Waals surface area contributed by atoms with Crippen molar-refractivity contribution in [3.63, 3.8) is 0 Å². The molecule has 4 nitrogen and oxygen atoms in total. The normalized spacial score (nSPS) is 16.5. The Kier molecular flexibility index (Phi) is 6.11. The van der Waals surface area contributed by atoms with Crippen molar-refractivity contribution in [1.29, 1.82) is 0 Å². The summed E-state index contributed by atoms with van der Waals surface area (Å²) in [5.41, 5.74) is 5.02. The number of piperidine rings is 1. The molecule has 0 aliphatic carbocycles. The van der Waals surface area contributed by atoms with Crippen LogP contribution in [0.3, 0.4) is 0 Å². The van der Waals surface area contributed by atoms with E-state index in [-0.39, 0.29) is 11.9 Å². The number of nitrogens with zero attached hydrogens (tertiary/aromatic N) is 1. The maximum atomic E-state index is 12.8. The molecule has 1 saturated heterocycles. The van der Waals surface area contributed by atoms with E-state index >= 15 is 0 Å². The van der Waals surface area contributed by atoms with E-state index in [9.17, 15) is 4.79 Å². The highest BCUT2D eigenvalue weighted by atomic mass is 32.1. The van der Waals surface area contributed by atoms with Crippen LogP contribution in [0.2, 0.25) is 0 Å². The van der Waals surface area contributed by atoms with Crippen LogP contribution in [0, 0.1) is 26.7 Å². The van der Waals surface area contributed by atoms with Crippen molar-refractivity contribution < 1.29 is 9.21 Å². The number of rotatable bonds is 5. The predicted octanol–water partition coefficient (Wildman–Crippen LogP) is 6.34. The Bertz CT molecular complexity index is 997. The molecular weight excluding hydrogens is 392 g/mol. The van der Waals surface area contributed by atoms with E-state index < -0.39 is 0 Å². The van der Waals surface area contributed by atoms with Crippen LogP contribution >= 0.6 is 11.3 Å². The van der Waals surface area contributed by atoms with E-state index in [4.69, 9.17) is 4.42 Å². The van der Waals surface area contributed by atoms with Gasteiger partial charge in [-0.25, -0.2) is 0 Å². The quantitative estimate of drug-likeness (QED) is 0.522. The fourth-order valence-electron chi connectivity index (χ4n) is 4.23. The molecule has 1 aromatic carbocycles. The molecule has 1 amide bonds. The van der Waals surface area contributed by atoms with Crippen molar-refractivity contribution in [2.75, 3.05) is 18.4 Å². The second-order valence-electron chi connectivity index (χ2n) is 8.49. The molecule has 4 rings (SSSR count). The van der Waals surface area contributed by atoms with Gasteiger partial charge in [0.15, 0.2) is 5.76 Å². The van der Waals surface area contributed by atoms with Gasteiger partial charge in [-0.3, -0.25) is 9.69 Å². The number of benzene rings is 1. The van der Waals surface area contributed by atoms with Crippen LogP contribution in [0.15, 0.2) is 47.1 Å². The van der Waals surface area contributed by atoms with Crippen LogP contribution in [0.25, 0.3) is 0 Å². The highest BCUT2D eigenvalue weighted by Gasteiger charge is 2.31. The molecule has 1 aliphatic heterocycles. The Morgan fingerprint density at radius 1 is 1.13 bits per heavy atom. The average molecular weight is 423 g/mol. The smallest absolute Gasteiger partial charge is 0.291 e. The zero-order valence-corrected chi connectivity index (χ0v) is 19.0. The molecule has 1 atom stereocenters. The van der Waals surface area contributed by atoms with E-state index in [2.05, 4.69) is 62.2 Å². The van der Waals surface area contributed by atoms with E-state index in [0.717, 1.165) is 24.0 Å². The van der Waals surface area contributed by atoms with Crippen LogP contribution < -0.4 is 5.32 Å². The minimum absolute atomic E-state index is 0.134. The summed E-state index contributed by atoms with van der Waals surface area (Å²) in [6.45, 7) is 10.9. The standard InChI is InChI=1S/C25H30N2O2S/c1-16-7-9-20(10-8-16)23(27-13-11-17(2)12-14-27)22-18(3)19(4)30-25(22)26-24(28)21-6-5-15-29-21/h5-10,15,17,23H,11-14H2,1-4H3,(H,26,28)/t23-/m0/s1. The summed E-state index contributed by atoms with van der Waals surface area (Å²) in [7, 11) is 0. The number of thiophene rings is 1. The lowest BCUT2D eigenvalue weighted by Gasteiger charge is -2.38. The zero-order valence-electron chi connectivity index (χ0n) is 18.2. The number of hydrogen-bond donors (Lipinski definition) is 1. The molecule has 30 heavy (non-hydrogen) atoms. The van der Waals surface area contributed by atoms with Crippen molar-refractivity contribution in [1.82, 2.24) is 4.90 Å². The third kappa shape index (κ3) is 4.23. The maximum absolute atomic E-state index is 12.8. The Labute approximate surface area is 182 Å². The molecule has 5 heteroatoms. The predicted molar refractivity (Wildman–Crippen MR) is 123 cm³/mol. The van der Waals surface area contributed by atoms with Gasteiger partial charge < -0.3 is 9.73 Å². The third-order valence-electron chi connectivity index (χ3n) is 6.25. The van der Waals surface area contributed by atoms with Crippen molar-refractivity contribution >= 4 is 22.2 Å². The van der Waals surface area contributed by atoms with E-state index in [0.29, 0.717) is 5.76 Å². The zero-order chi connectivity index (χ0) is 21.3. The largest absolute Gasteiger partial charge is 0.459 e. The summed E-state index contributed by atoms with van der Waals surface area (Å²) in [4.78, 5) is 16.6. The molecule has 158 valence electrons. The van der Waals surface area contributed by atoms with E-state index in [1.54, 1.807) is 23.5 Å². The lowest BCUT2D eigenvalue weighted by molar-refractivity contribution is 0.0996. The number of likely N-dealkylation sites (tertiary alicyclic amines) is 1. The topological polar surface area (TPSA) is 45.5 Å². The lowest BCUT2D eigenvalue weighted by Crippen LogP contribution is -2.37. The van der Waals surface area contributed by atoms with Gasteiger partial charge in [0, 0.05) is 10.4 Å². The first kappa shape index (κ1) is 20.9. The minimum Gasteiger partial charge on any atom is -0.459 e.